The summed E-state index contributed by atoms with van der Waals surface area (Å²) in [5, 5.41) is 1.87. The van der Waals surface area contributed by atoms with Crippen LogP contribution in [0.1, 0.15) is 24.3 Å². The number of halogens is 1. The molecule has 0 saturated carbocycles. The van der Waals surface area contributed by atoms with Gasteiger partial charge in [0.2, 0.25) is 10.0 Å². The normalized spacial score (nSPS) is 18.5. The number of rotatable bonds is 5. The maximum absolute atomic E-state index is 12.8. The third-order valence-corrected chi connectivity index (χ3v) is 7.45. The van der Waals surface area contributed by atoms with E-state index in [4.69, 9.17) is 11.6 Å². The Morgan fingerprint density at radius 1 is 1.29 bits per heavy atom. The van der Waals surface area contributed by atoms with Crippen molar-refractivity contribution in [3.63, 3.8) is 0 Å². The number of thiophene rings is 1. The van der Waals surface area contributed by atoms with E-state index in [1.807, 2.05) is 12.3 Å². The van der Waals surface area contributed by atoms with E-state index in [1.165, 1.54) is 11.3 Å². The first-order valence-electron chi connectivity index (χ1n) is 7.21. The van der Waals surface area contributed by atoms with Crippen LogP contribution in [0.15, 0.2) is 10.3 Å². The molecule has 1 fully saturated rings. The van der Waals surface area contributed by atoms with Crippen LogP contribution in [0, 0.1) is 12.8 Å². The fourth-order valence-corrected chi connectivity index (χ4v) is 6.16. The van der Waals surface area contributed by atoms with Gasteiger partial charge in [-0.15, -0.1) is 22.9 Å². The highest BCUT2D eigenvalue weighted by Gasteiger charge is 2.32. The Balaban J connectivity index is 2.13. The first-order valence-corrected chi connectivity index (χ1v) is 10.1. The topological polar surface area (TPSA) is 40.6 Å². The van der Waals surface area contributed by atoms with E-state index in [-0.39, 0.29) is 5.88 Å². The molecule has 2 rings (SSSR count). The van der Waals surface area contributed by atoms with Gasteiger partial charge in [-0.3, -0.25) is 0 Å². The van der Waals surface area contributed by atoms with Crippen molar-refractivity contribution < 1.29 is 8.42 Å². The lowest BCUT2D eigenvalue weighted by Crippen LogP contribution is -2.49. The SMILES string of the molecule is Cc1csc(CCl)c1S(=O)(=O)N1CCN(CC(C)C)CC1. The summed E-state index contributed by atoms with van der Waals surface area (Å²) in [4.78, 5) is 3.51. The fourth-order valence-electron chi connectivity index (χ4n) is 2.72. The molecule has 120 valence electrons. The van der Waals surface area contributed by atoms with Gasteiger partial charge < -0.3 is 4.90 Å². The summed E-state index contributed by atoms with van der Waals surface area (Å²) in [6.45, 7) is 9.97. The first-order chi connectivity index (χ1) is 9.86. The van der Waals surface area contributed by atoms with Crippen LogP contribution in [-0.2, 0) is 15.9 Å². The lowest BCUT2D eigenvalue weighted by atomic mass is 10.2. The molecule has 7 heteroatoms. The number of alkyl halides is 1. The Labute approximate surface area is 136 Å². The molecule has 0 spiro atoms. The zero-order chi connectivity index (χ0) is 15.6. The summed E-state index contributed by atoms with van der Waals surface area (Å²) in [5.74, 6) is 0.857. The second kappa shape index (κ2) is 6.96. The second-order valence-corrected chi connectivity index (χ2v) is 9.01. The summed E-state index contributed by atoms with van der Waals surface area (Å²) in [6, 6.07) is 0. The zero-order valence-corrected chi connectivity index (χ0v) is 15.2. The van der Waals surface area contributed by atoms with Crippen molar-refractivity contribution in [2.24, 2.45) is 5.92 Å². The molecule has 2 heterocycles. The zero-order valence-electron chi connectivity index (χ0n) is 12.8. The molecular formula is C14H23ClN2O2S2. The Hall–Kier alpha value is -0.140. The second-order valence-electron chi connectivity index (χ2n) is 5.90. The lowest BCUT2D eigenvalue weighted by Gasteiger charge is -2.34. The highest BCUT2D eigenvalue weighted by atomic mass is 35.5. The van der Waals surface area contributed by atoms with Gasteiger partial charge in [-0.1, -0.05) is 13.8 Å². The minimum atomic E-state index is -3.41. The third-order valence-electron chi connectivity index (χ3n) is 3.66. The van der Waals surface area contributed by atoms with Crippen LogP contribution in [0.2, 0.25) is 0 Å². The van der Waals surface area contributed by atoms with E-state index in [0.29, 0.717) is 23.9 Å². The van der Waals surface area contributed by atoms with Gasteiger partial charge in [0.05, 0.1) is 5.88 Å². The van der Waals surface area contributed by atoms with Crippen LogP contribution < -0.4 is 0 Å². The smallest absolute Gasteiger partial charge is 0.244 e. The van der Waals surface area contributed by atoms with Crippen molar-refractivity contribution in [1.29, 1.82) is 0 Å². The van der Waals surface area contributed by atoms with E-state index >= 15 is 0 Å². The van der Waals surface area contributed by atoms with Gasteiger partial charge in [0.1, 0.15) is 4.90 Å². The van der Waals surface area contributed by atoms with Gasteiger partial charge in [0.15, 0.2) is 0 Å². The third kappa shape index (κ3) is 3.79. The van der Waals surface area contributed by atoms with Crippen molar-refractivity contribution in [2.75, 3.05) is 32.7 Å². The summed E-state index contributed by atoms with van der Waals surface area (Å²) >= 11 is 7.32. The predicted octanol–water partition coefficient (Wildman–Crippen LogP) is 2.76. The minimum absolute atomic E-state index is 0.250. The quantitative estimate of drug-likeness (QED) is 0.767. The Morgan fingerprint density at radius 3 is 2.43 bits per heavy atom. The Kier molecular flexibility index (Phi) is 5.71. The van der Waals surface area contributed by atoms with Crippen molar-refractivity contribution in [3.8, 4) is 0 Å². The maximum atomic E-state index is 12.8. The lowest BCUT2D eigenvalue weighted by molar-refractivity contribution is 0.172. The number of aryl methyl sites for hydroxylation is 1. The van der Waals surface area contributed by atoms with E-state index in [2.05, 4.69) is 18.7 Å². The van der Waals surface area contributed by atoms with Crippen molar-refractivity contribution in [3.05, 3.63) is 15.8 Å². The highest BCUT2D eigenvalue weighted by molar-refractivity contribution is 7.89. The molecule has 1 aliphatic rings. The molecule has 1 aromatic heterocycles. The van der Waals surface area contributed by atoms with Gasteiger partial charge in [-0.2, -0.15) is 4.31 Å². The fraction of sp³-hybridized carbons (Fsp3) is 0.714. The monoisotopic (exact) mass is 350 g/mol. The van der Waals surface area contributed by atoms with Crippen molar-refractivity contribution in [2.45, 2.75) is 31.5 Å². The van der Waals surface area contributed by atoms with Crippen molar-refractivity contribution in [1.82, 2.24) is 9.21 Å². The minimum Gasteiger partial charge on any atom is -0.300 e. The molecule has 1 saturated heterocycles. The Bertz CT molecular complexity index is 576. The standard InChI is InChI=1S/C14H23ClN2O2S2/c1-11(2)9-16-4-6-17(7-5-16)21(18,19)14-12(3)10-20-13(14)8-15/h10-11H,4-9H2,1-3H3. The van der Waals surface area contributed by atoms with E-state index in [1.54, 1.807) is 4.31 Å². The van der Waals surface area contributed by atoms with Crippen LogP contribution in [0.3, 0.4) is 0 Å². The first kappa shape index (κ1) is 17.2. The molecule has 4 nitrogen and oxygen atoms in total. The molecule has 0 aromatic carbocycles. The molecule has 0 unspecified atom stereocenters. The molecule has 0 radical (unpaired) electrons. The number of sulfonamides is 1. The average Bonchev–Trinajstić information content (AvgIpc) is 2.80. The van der Waals surface area contributed by atoms with Crippen LogP contribution in [0.4, 0.5) is 0 Å². The summed E-state index contributed by atoms with van der Waals surface area (Å²) in [6.07, 6.45) is 0. The molecule has 0 atom stereocenters. The van der Waals surface area contributed by atoms with Crippen molar-refractivity contribution >= 4 is 33.0 Å². The molecule has 0 N–H and O–H groups in total. The van der Waals surface area contributed by atoms with Gasteiger partial charge >= 0.3 is 0 Å². The summed E-state index contributed by atoms with van der Waals surface area (Å²) in [5.41, 5.74) is 0.806. The van der Waals surface area contributed by atoms with E-state index < -0.39 is 10.0 Å². The molecule has 21 heavy (non-hydrogen) atoms. The maximum Gasteiger partial charge on any atom is 0.244 e. The number of piperazine rings is 1. The molecule has 0 amide bonds. The summed E-state index contributed by atoms with van der Waals surface area (Å²) in [7, 11) is -3.41. The molecule has 0 bridgehead atoms. The van der Waals surface area contributed by atoms with Crippen LogP contribution >= 0.6 is 22.9 Å². The Morgan fingerprint density at radius 2 is 1.90 bits per heavy atom. The van der Waals surface area contributed by atoms with E-state index in [9.17, 15) is 8.42 Å². The average molecular weight is 351 g/mol. The van der Waals surface area contributed by atoms with Crippen LogP contribution in [0.25, 0.3) is 0 Å². The largest absolute Gasteiger partial charge is 0.300 e. The number of nitrogens with zero attached hydrogens (tertiary/aromatic N) is 2. The molecule has 1 aliphatic heterocycles. The molecule has 1 aromatic rings. The van der Waals surface area contributed by atoms with Crippen LogP contribution in [-0.4, -0.2) is 50.3 Å². The van der Waals surface area contributed by atoms with Gasteiger partial charge in [0, 0.05) is 37.6 Å². The molecule has 0 aliphatic carbocycles. The van der Waals surface area contributed by atoms with Gasteiger partial charge in [-0.05, 0) is 23.8 Å². The molecular weight excluding hydrogens is 328 g/mol. The number of hydrogen-bond acceptors (Lipinski definition) is 4. The predicted molar refractivity (Wildman–Crippen MR) is 88.6 cm³/mol. The van der Waals surface area contributed by atoms with Gasteiger partial charge in [-0.25, -0.2) is 8.42 Å². The van der Waals surface area contributed by atoms with Crippen LogP contribution in [0.5, 0.6) is 0 Å². The summed E-state index contributed by atoms with van der Waals surface area (Å²) < 4.78 is 27.3. The number of hydrogen-bond donors (Lipinski definition) is 0. The van der Waals surface area contributed by atoms with E-state index in [0.717, 1.165) is 30.1 Å². The van der Waals surface area contributed by atoms with Gasteiger partial charge in [0.25, 0.3) is 0 Å². The highest BCUT2D eigenvalue weighted by Crippen LogP contribution is 2.31.